The quantitative estimate of drug-likeness (QED) is 0.458. The van der Waals surface area contributed by atoms with E-state index in [-0.39, 0.29) is 0 Å². The molecule has 0 saturated heterocycles. The Morgan fingerprint density at radius 3 is 2.58 bits per heavy atom. The first-order valence-corrected chi connectivity index (χ1v) is 4.16. The monoisotopic (exact) mass is 161 g/mol. The predicted molar refractivity (Wildman–Crippen MR) is 52.6 cm³/mol. The maximum Gasteiger partial charge on any atom is 0.0988 e. The Morgan fingerprint density at radius 1 is 1.50 bits per heavy atom. The first-order chi connectivity index (χ1) is 5.74. The zero-order chi connectivity index (χ0) is 9.40. The van der Waals surface area contributed by atoms with Crippen molar-refractivity contribution in [2.24, 2.45) is 0 Å². The van der Waals surface area contributed by atoms with E-state index in [1.165, 1.54) is 0 Å². The minimum atomic E-state index is 0.687. The highest BCUT2D eigenvalue weighted by Gasteiger charge is 1.87. The van der Waals surface area contributed by atoms with Gasteiger partial charge in [-0.2, -0.15) is 5.26 Å². The van der Waals surface area contributed by atoms with E-state index in [0.29, 0.717) is 5.57 Å². The summed E-state index contributed by atoms with van der Waals surface area (Å²) >= 11 is 0. The van der Waals surface area contributed by atoms with Crippen molar-refractivity contribution in [3.05, 3.63) is 36.0 Å². The summed E-state index contributed by atoms with van der Waals surface area (Å²) in [6.45, 7) is 7.83. The largest absolute Gasteiger partial charge is 0.192 e. The van der Waals surface area contributed by atoms with E-state index in [1.54, 1.807) is 12.2 Å². The zero-order valence-electron chi connectivity index (χ0n) is 7.80. The molecule has 1 heteroatoms. The fourth-order valence-corrected chi connectivity index (χ4v) is 0.810. The minimum absolute atomic E-state index is 0.687. The second-order valence-corrected chi connectivity index (χ2v) is 2.60. The summed E-state index contributed by atoms with van der Waals surface area (Å²) in [7, 11) is 0. The SMILES string of the molecule is C=C(/C=C\C(C#N)=C/C)CCC. The summed E-state index contributed by atoms with van der Waals surface area (Å²) < 4.78 is 0. The summed E-state index contributed by atoms with van der Waals surface area (Å²) in [5, 5.41) is 8.57. The van der Waals surface area contributed by atoms with E-state index in [0.717, 1.165) is 18.4 Å². The van der Waals surface area contributed by atoms with E-state index in [2.05, 4.69) is 19.6 Å². The van der Waals surface area contributed by atoms with Crippen LogP contribution in [0.3, 0.4) is 0 Å². The first kappa shape index (κ1) is 10.7. The minimum Gasteiger partial charge on any atom is -0.192 e. The normalized spacial score (nSPS) is 11.6. The molecule has 64 valence electrons. The van der Waals surface area contributed by atoms with Gasteiger partial charge in [0.25, 0.3) is 0 Å². The molecule has 0 rings (SSSR count). The first-order valence-electron chi connectivity index (χ1n) is 4.16. The number of nitrogens with zero attached hydrogens (tertiary/aromatic N) is 1. The smallest absolute Gasteiger partial charge is 0.0988 e. The van der Waals surface area contributed by atoms with Gasteiger partial charge in [-0.1, -0.05) is 37.6 Å². The molecule has 0 aromatic heterocycles. The molecular weight excluding hydrogens is 146 g/mol. The Morgan fingerprint density at radius 2 is 2.17 bits per heavy atom. The van der Waals surface area contributed by atoms with Gasteiger partial charge in [0.05, 0.1) is 6.07 Å². The lowest BCUT2D eigenvalue weighted by Gasteiger charge is -1.93. The Labute approximate surface area is 74.7 Å². The van der Waals surface area contributed by atoms with Crippen molar-refractivity contribution in [3.8, 4) is 6.07 Å². The van der Waals surface area contributed by atoms with Crippen LogP contribution in [0.4, 0.5) is 0 Å². The highest BCUT2D eigenvalue weighted by Crippen LogP contribution is 2.05. The van der Waals surface area contributed by atoms with Gasteiger partial charge < -0.3 is 0 Å². The van der Waals surface area contributed by atoms with Crippen molar-refractivity contribution in [1.29, 1.82) is 5.26 Å². The van der Waals surface area contributed by atoms with Gasteiger partial charge in [0.1, 0.15) is 0 Å². The molecule has 0 aromatic rings. The number of rotatable bonds is 4. The van der Waals surface area contributed by atoms with Gasteiger partial charge >= 0.3 is 0 Å². The number of hydrogen-bond acceptors (Lipinski definition) is 1. The Hall–Kier alpha value is -1.29. The average molecular weight is 161 g/mol. The molecule has 0 aliphatic rings. The Balaban J connectivity index is 4.07. The highest BCUT2D eigenvalue weighted by atomic mass is 14.2. The molecule has 0 aliphatic carbocycles. The van der Waals surface area contributed by atoms with Crippen molar-refractivity contribution in [2.75, 3.05) is 0 Å². The van der Waals surface area contributed by atoms with Crippen molar-refractivity contribution in [2.45, 2.75) is 26.7 Å². The fraction of sp³-hybridized carbons (Fsp3) is 0.364. The molecule has 1 nitrogen and oxygen atoms in total. The lowest BCUT2D eigenvalue weighted by molar-refractivity contribution is 0.930. The topological polar surface area (TPSA) is 23.8 Å². The van der Waals surface area contributed by atoms with Crippen LogP contribution in [-0.4, -0.2) is 0 Å². The van der Waals surface area contributed by atoms with Gasteiger partial charge in [-0.15, -0.1) is 0 Å². The van der Waals surface area contributed by atoms with Gasteiger partial charge in [0.2, 0.25) is 0 Å². The predicted octanol–water partition coefficient (Wildman–Crippen LogP) is 3.37. The average Bonchev–Trinajstić information content (AvgIpc) is 2.07. The summed E-state index contributed by atoms with van der Waals surface area (Å²) in [5.74, 6) is 0. The second-order valence-electron chi connectivity index (χ2n) is 2.60. The van der Waals surface area contributed by atoms with E-state index in [9.17, 15) is 0 Å². The van der Waals surface area contributed by atoms with Crippen LogP contribution < -0.4 is 0 Å². The molecule has 12 heavy (non-hydrogen) atoms. The number of hydrogen-bond donors (Lipinski definition) is 0. The summed E-state index contributed by atoms with van der Waals surface area (Å²) in [5.41, 5.74) is 1.76. The molecule has 0 aromatic carbocycles. The molecule has 0 bridgehead atoms. The van der Waals surface area contributed by atoms with Crippen LogP contribution in [0.1, 0.15) is 26.7 Å². The van der Waals surface area contributed by atoms with Gasteiger partial charge in [0.15, 0.2) is 0 Å². The molecule has 0 heterocycles. The zero-order valence-corrected chi connectivity index (χ0v) is 7.80. The van der Waals surface area contributed by atoms with Crippen LogP contribution in [0.2, 0.25) is 0 Å². The van der Waals surface area contributed by atoms with E-state index >= 15 is 0 Å². The lowest BCUT2D eigenvalue weighted by Crippen LogP contribution is -1.75. The van der Waals surface area contributed by atoms with Gasteiger partial charge in [0, 0.05) is 5.57 Å². The molecule has 0 saturated carbocycles. The second kappa shape index (κ2) is 6.42. The van der Waals surface area contributed by atoms with Crippen molar-refractivity contribution < 1.29 is 0 Å². The third-order valence-electron chi connectivity index (χ3n) is 1.51. The third-order valence-corrected chi connectivity index (χ3v) is 1.51. The van der Waals surface area contributed by atoms with Crippen LogP contribution in [0, 0.1) is 11.3 Å². The fourth-order valence-electron chi connectivity index (χ4n) is 0.810. The summed E-state index contributed by atoms with van der Waals surface area (Å²) in [4.78, 5) is 0. The van der Waals surface area contributed by atoms with Crippen LogP contribution in [0.25, 0.3) is 0 Å². The molecule has 0 radical (unpaired) electrons. The molecule has 0 atom stereocenters. The van der Waals surface area contributed by atoms with E-state index < -0.39 is 0 Å². The Kier molecular flexibility index (Phi) is 5.73. The van der Waals surface area contributed by atoms with Gasteiger partial charge in [-0.3, -0.25) is 0 Å². The summed E-state index contributed by atoms with van der Waals surface area (Å²) in [6.07, 6.45) is 7.59. The molecule has 0 amide bonds. The molecular formula is C11H15N. The third kappa shape index (κ3) is 4.51. The van der Waals surface area contributed by atoms with Crippen LogP contribution >= 0.6 is 0 Å². The highest BCUT2D eigenvalue weighted by molar-refractivity contribution is 5.35. The lowest BCUT2D eigenvalue weighted by atomic mass is 10.1. The maximum atomic E-state index is 8.57. The van der Waals surface area contributed by atoms with Gasteiger partial charge in [-0.05, 0) is 19.4 Å². The standard InChI is InChI=1S/C11H15N/c1-4-6-10(3)7-8-11(5-2)9-12/h5,7-8H,3-4,6H2,1-2H3/b8-7-,11-5+. The molecule has 0 fully saturated rings. The van der Waals surface area contributed by atoms with E-state index in [1.807, 2.05) is 13.0 Å². The van der Waals surface area contributed by atoms with Crippen molar-refractivity contribution in [1.82, 2.24) is 0 Å². The Bertz CT molecular complexity index is 238. The molecule has 0 spiro atoms. The summed E-state index contributed by atoms with van der Waals surface area (Å²) in [6, 6.07) is 2.08. The molecule has 0 N–H and O–H groups in total. The molecule has 0 unspecified atom stereocenters. The van der Waals surface area contributed by atoms with Gasteiger partial charge in [-0.25, -0.2) is 0 Å². The number of nitriles is 1. The van der Waals surface area contributed by atoms with E-state index in [4.69, 9.17) is 5.26 Å². The van der Waals surface area contributed by atoms with Crippen LogP contribution in [-0.2, 0) is 0 Å². The van der Waals surface area contributed by atoms with Crippen molar-refractivity contribution >= 4 is 0 Å². The number of allylic oxidation sites excluding steroid dienone is 5. The van der Waals surface area contributed by atoms with Crippen LogP contribution in [0.15, 0.2) is 36.0 Å². The molecule has 0 aliphatic heterocycles. The van der Waals surface area contributed by atoms with Crippen molar-refractivity contribution in [3.63, 3.8) is 0 Å². The van der Waals surface area contributed by atoms with Crippen LogP contribution in [0.5, 0.6) is 0 Å². The maximum absolute atomic E-state index is 8.57.